The number of halogens is 1. The summed E-state index contributed by atoms with van der Waals surface area (Å²) in [6.07, 6.45) is 3.05. The molecule has 0 unspecified atom stereocenters. The maximum absolute atomic E-state index is 12.6. The smallest absolute Gasteiger partial charge is 0.410 e. The van der Waals surface area contributed by atoms with E-state index in [1.165, 1.54) is 17.4 Å². The molecule has 0 aliphatic carbocycles. The van der Waals surface area contributed by atoms with E-state index in [-0.39, 0.29) is 6.61 Å². The van der Waals surface area contributed by atoms with Gasteiger partial charge in [-0.1, -0.05) is 29.8 Å². The molecular formula is C22H23ClN2O5S. The molecular weight excluding hydrogens is 440 g/mol. The van der Waals surface area contributed by atoms with Crippen molar-refractivity contribution in [1.29, 1.82) is 0 Å². The van der Waals surface area contributed by atoms with E-state index in [4.69, 9.17) is 21.1 Å². The number of nitrogens with one attached hydrogen (secondary N) is 1. The van der Waals surface area contributed by atoms with Crippen LogP contribution in [0.1, 0.15) is 40.2 Å². The van der Waals surface area contributed by atoms with Crippen molar-refractivity contribution in [3.05, 3.63) is 56.9 Å². The summed E-state index contributed by atoms with van der Waals surface area (Å²) < 4.78 is 10.3. The third kappa shape index (κ3) is 5.45. The number of ether oxygens (including phenoxy) is 2. The molecule has 7 nitrogen and oxygen atoms in total. The van der Waals surface area contributed by atoms with Crippen LogP contribution in [0.2, 0.25) is 5.02 Å². The molecule has 3 rings (SSSR count). The van der Waals surface area contributed by atoms with Crippen LogP contribution in [0.25, 0.3) is 6.08 Å². The van der Waals surface area contributed by atoms with E-state index >= 15 is 0 Å². The second kappa shape index (κ2) is 10.5. The number of carbonyl (C=O) groups excluding carboxylic acids is 3. The molecule has 2 aromatic rings. The van der Waals surface area contributed by atoms with Crippen LogP contribution >= 0.6 is 22.9 Å². The lowest BCUT2D eigenvalue weighted by Gasteiger charge is -2.26. The van der Waals surface area contributed by atoms with Crippen LogP contribution in [0, 0.1) is 0 Å². The standard InChI is InChI=1S/C22H23ClN2O5S/c1-3-29-21(27)19-15-11-12-25(22(28)30-4-2)13-17(15)31-20(19)24-18(26)10-9-14-7-5-6-8-16(14)23/h5-10H,3-4,11-13H2,1-2H3,(H,24,26). The number of esters is 1. The topological polar surface area (TPSA) is 84.9 Å². The molecule has 1 aromatic heterocycles. The van der Waals surface area contributed by atoms with Gasteiger partial charge in [0, 0.05) is 22.5 Å². The van der Waals surface area contributed by atoms with Gasteiger partial charge in [-0.15, -0.1) is 11.3 Å². The average molecular weight is 463 g/mol. The van der Waals surface area contributed by atoms with E-state index < -0.39 is 18.0 Å². The highest BCUT2D eigenvalue weighted by Gasteiger charge is 2.31. The van der Waals surface area contributed by atoms with Gasteiger partial charge in [-0.25, -0.2) is 9.59 Å². The minimum Gasteiger partial charge on any atom is -0.462 e. The maximum Gasteiger partial charge on any atom is 0.410 e. The van der Waals surface area contributed by atoms with E-state index in [1.54, 1.807) is 43.0 Å². The molecule has 1 N–H and O–H groups in total. The molecule has 0 atom stereocenters. The Hall–Kier alpha value is -2.84. The Balaban J connectivity index is 1.84. The van der Waals surface area contributed by atoms with Crippen molar-refractivity contribution in [2.24, 2.45) is 0 Å². The molecule has 2 amide bonds. The van der Waals surface area contributed by atoms with E-state index in [2.05, 4.69) is 5.32 Å². The van der Waals surface area contributed by atoms with Gasteiger partial charge in [-0.05, 0) is 43.5 Å². The quantitative estimate of drug-likeness (QED) is 0.495. The van der Waals surface area contributed by atoms with Crippen LogP contribution in [0.5, 0.6) is 0 Å². The highest BCUT2D eigenvalue weighted by atomic mass is 35.5. The molecule has 0 spiro atoms. The molecule has 164 valence electrons. The summed E-state index contributed by atoms with van der Waals surface area (Å²) in [5.41, 5.74) is 1.86. The summed E-state index contributed by atoms with van der Waals surface area (Å²) in [6, 6.07) is 7.16. The van der Waals surface area contributed by atoms with E-state index in [1.807, 2.05) is 6.07 Å². The molecule has 0 saturated heterocycles. The van der Waals surface area contributed by atoms with Crippen molar-refractivity contribution in [2.45, 2.75) is 26.8 Å². The van der Waals surface area contributed by atoms with Crippen LogP contribution in [0.3, 0.4) is 0 Å². The molecule has 0 radical (unpaired) electrons. The maximum atomic E-state index is 12.6. The van der Waals surface area contributed by atoms with Crippen molar-refractivity contribution in [2.75, 3.05) is 25.1 Å². The molecule has 0 bridgehead atoms. The Labute approximate surface area is 189 Å². The molecule has 0 saturated carbocycles. The Morgan fingerprint density at radius 2 is 1.94 bits per heavy atom. The zero-order chi connectivity index (χ0) is 22.4. The predicted molar refractivity (Wildman–Crippen MR) is 121 cm³/mol. The number of carbonyl (C=O) groups is 3. The highest BCUT2D eigenvalue weighted by molar-refractivity contribution is 7.17. The highest BCUT2D eigenvalue weighted by Crippen LogP contribution is 2.38. The van der Waals surface area contributed by atoms with Crippen molar-refractivity contribution in [3.63, 3.8) is 0 Å². The second-order valence-electron chi connectivity index (χ2n) is 6.64. The Morgan fingerprint density at radius 3 is 2.65 bits per heavy atom. The largest absolute Gasteiger partial charge is 0.462 e. The number of fused-ring (bicyclic) bond motifs is 1. The first-order valence-corrected chi connectivity index (χ1v) is 11.1. The van der Waals surface area contributed by atoms with Crippen molar-refractivity contribution in [1.82, 2.24) is 4.90 Å². The monoisotopic (exact) mass is 462 g/mol. The van der Waals surface area contributed by atoms with Gasteiger partial charge in [-0.3, -0.25) is 4.79 Å². The van der Waals surface area contributed by atoms with Gasteiger partial charge < -0.3 is 19.7 Å². The van der Waals surface area contributed by atoms with Gasteiger partial charge >= 0.3 is 12.1 Å². The lowest BCUT2D eigenvalue weighted by Crippen LogP contribution is -2.36. The van der Waals surface area contributed by atoms with Crippen LogP contribution in [-0.2, 0) is 27.2 Å². The number of benzene rings is 1. The first-order valence-electron chi connectivity index (χ1n) is 9.91. The molecule has 9 heteroatoms. The van der Waals surface area contributed by atoms with Gasteiger partial charge in [0.15, 0.2) is 0 Å². The van der Waals surface area contributed by atoms with Crippen molar-refractivity contribution in [3.8, 4) is 0 Å². The lowest BCUT2D eigenvalue weighted by atomic mass is 10.0. The number of hydrogen-bond donors (Lipinski definition) is 1. The summed E-state index contributed by atoms with van der Waals surface area (Å²) >= 11 is 7.38. The Bertz CT molecular complexity index is 1020. The second-order valence-corrected chi connectivity index (χ2v) is 8.16. The van der Waals surface area contributed by atoms with E-state index in [9.17, 15) is 14.4 Å². The van der Waals surface area contributed by atoms with E-state index in [0.717, 1.165) is 10.4 Å². The third-order valence-corrected chi connectivity index (χ3v) is 6.10. The van der Waals surface area contributed by atoms with Gasteiger partial charge in [-0.2, -0.15) is 0 Å². The van der Waals surface area contributed by atoms with Crippen LogP contribution < -0.4 is 5.32 Å². The lowest BCUT2D eigenvalue weighted by molar-refractivity contribution is -0.111. The number of rotatable bonds is 6. The van der Waals surface area contributed by atoms with Crippen LogP contribution in [0.15, 0.2) is 30.3 Å². The van der Waals surface area contributed by atoms with Crippen LogP contribution in [-0.4, -0.2) is 42.6 Å². The molecule has 1 aliphatic rings. The third-order valence-electron chi connectivity index (χ3n) is 4.62. The summed E-state index contributed by atoms with van der Waals surface area (Å²) in [5, 5.41) is 3.72. The zero-order valence-corrected chi connectivity index (χ0v) is 18.8. The molecule has 31 heavy (non-hydrogen) atoms. The minimum absolute atomic E-state index is 0.220. The number of thiophene rings is 1. The van der Waals surface area contributed by atoms with Gasteiger partial charge in [0.25, 0.3) is 0 Å². The van der Waals surface area contributed by atoms with Crippen molar-refractivity contribution < 1.29 is 23.9 Å². The SMILES string of the molecule is CCOC(=O)c1c(NC(=O)C=Cc2ccccc2Cl)sc2c1CCN(C(=O)OCC)C2. The first kappa shape index (κ1) is 22.8. The zero-order valence-electron chi connectivity index (χ0n) is 17.3. The predicted octanol–water partition coefficient (Wildman–Crippen LogP) is 4.74. The average Bonchev–Trinajstić information content (AvgIpc) is 3.10. The number of nitrogens with zero attached hydrogens (tertiary/aromatic N) is 1. The molecule has 1 aromatic carbocycles. The number of hydrogen-bond acceptors (Lipinski definition) is 6. The Morgan fingerprint density at radius 1 is 1.19 bits per heavy atom. The molecule has 1 aliphatic heterocycles. The fraction of sp³-hybridized carbons (Fsp3) is 0.318. The fourth-order valence-electron chi connectivity index (χ4n) is 3.21. The summed E-state index contributed by atoms with van der Waals surface area (Å²) in [4.78, 5) is 39.6. The summed E-state index contributed by atoms with van der Waals surface area (Å²) in [7, 11) is 0. The van der Waals surface area contributed by atoms with Crippen LogP contribution in [0.4, 0.5) is 9.80 Å². The summed E-state index contributed by atoms with van der Waals surface area (Å²) in [6.45, 7) is 4.73. The van der Waals surface area contributed by atoms with Gasteiger partial charge in [0.1, 0.15) is 5.00 Å². The molecule has 2 heterocycles. The number of anilines is 1. The summed E-state index contributed by atoms with van der Waals surface area (Å²) in [5.74, 6) is -0.888. The minimum atomic E-state index is -0.491. The van der Waals surface area contributed by atoms with Crippen molar-refractivity contribution >= 4 is 52.0 Å². The Kier molecular flexibility index (Phi) is 7.70. The van der Waals surface area contributed by atoms with Gasteiger partial charge in [0.05, 0.1) is 25.3 Å². The normalized spacial score (nSPS) is 13.1. The number of amides is 2. The van der Waals surface area contributed by atoms with Gasteiger partial charge in [0.2, 0.25) is 5.91 Å². The van der Waals surface area contributed by atoms with E-state index in [0.29, 0.717) is 47.3 Å². The first-order chi connectivity index (χ1) is 14.9. The molecule has 0 fully saturated rings. The fourth-order valence-corrected chi connectivity index (χ4v) is 4.66.